The Bertz CT molecular complexity index is 267. The largest absolute Gasteiger partial charge is 0.396 e. The molecule has 0 radical (unpaired) electrons. The Hall–Kier alpha value is -0.570. The molecule has 2 aliphatic rings. The minimum absolute atomic E-state index is 0.0306. The van der Waals surface area contributed by atoms with E-state index in [9.17, 15) is 9.90 Å². The van der Waals surface area contributed by atoms with Gasteiger partial charge in [-0.15, -0.1) is 0 Å². The molecule has 0 aromatic rings. The molecule has 0 saturated heterocycles. The number of aliphatic hydroxyl groups excluding tert-OH is 1. The number of aliphatic hydroxyl groups is 1. The van der Waals surface area contributed by atoms with Gasteiger partial charge in [-0.2, -0.15) is 0 Å². The van der Waals surface area contributed by atoms with E-state index in [-0.39, 0.29) is 23.8 Å². The molecule has 1 amide bonds. The first-order valence-corrected chi connectivity index (χ1v) is 7.05. The molecule has 0 bridgehead atoms. The Labute approximate surface area is 104 Å². The monoisotopic (exact) mass is 239 g/mol. The normalized spacial score (nSPS) is 25.3. The minimum Gasteiger partial charge on any atom is -0.396 e. The van der Waals surface area contributed by atoms with Crippen LogP contribution in [0.3, 0.4) is 0 Å². The molecule has 0 heterocycles. The van der Waals surface area contributed by atoms with E-state index in [0.29, 0.717) is 12.5 Å². The predicted octanol–water partition coefficient (Wildman–Crippen LogP) is 2.09. The fourth-order valence-electron chi connectivity index (χ4n) is 2.94. The summed E-state index contributed by atoms with van der Waals surface area (Å²) < 4.78 is 0. The third kappa shape index (κ3) is 3.21. The number of hydrogen-bond donors (Lipinski definition) is 2. The standard InChI is InChI=1S/C14H25NO2/c1-11(12-5-6-12)13(17)15-9-14(10-16)7-3-2-4-8-14/h11-12,16H,2-10H2,1H3,(H,15,17). The first kappa shape index (κ1) is 12.9. The minimum atomic E-state index is -0.0306. The zero-order chi connectivity index (χ0) is 12.3. The lowest BCUT2D eigenvalue weighted by Crippen LogP contribution is -2.43. The molecule has 0 spiro atoms. The van der Waals surface area contributed by atoms with Crippen LogP contribution in [0.4, 0.5) is 0 Å². The van der Waals surface area contributed by atoms with Gasteiger partial charge in [-0.1, -0.05) is 26.2 Å². The maximum atomic E-state index is 11.9. The predicted molar refractivity (Wildman–Crippen MR) is 67.5 cm³/mol. The Balaban J connectivity index is 1.80. The second kappa shape index (κ2) is 5.38. The van der Waals surface area contributed by atoms with Crippen molar-refractivity contribution in [3.8, 4) is 0 Å². The van der Waals surface area contributed by atoms with Crippen LogP contribution in [0.5, 0.6) is 0 Å². The van der Waals surface area contributed by atoms with Gasteiger partial charge in [0, 0.05) is 17.9 Å². The van der Waals surface area contributed by atoms with Gasteiger partial charge in [0.1, 0.15) is 0 Å². The molecule has 1 atom stereocenters. The average Bonchev–Trinajstić information content (AvgIpc) is 3.20. The highest BCUT2D eigenvalue weighted by molar-refractivity contribution is 5.78. The van der Waals surface area contributed by atoms with Gasteiger partial charge in [0.25, 0.3) is 0 Å². The molecule has 98 valence electrons. The third-order valence-corrected chi connectivity index (χ3v) is 4.63. The van der Waals surface area contributed by atoms with Crippen molar-refractivity contribution in [1.82, 2.24) is 5.32 Å². The first-order chi connectivity index (χ1) is 8.17. The highest BCUT2D eigenvalue weighted by Crippen LogP contribution is 2.37. The summed E-state index contributed by atoms with van der Waals surface area (Å²) in [5.41, 5.74) is -0.0306. The lowest BCUT2D eigenvalue weighted by atomic mass is 9.74. The number of carbonyl (C=O) groups excluding carboxylic acids is 1. The summed E-state index contributed by atoms with van der Waals surface area (Å²) in [7, 11) is 0. The average molecular weight is 239 g/mol. The lowest BCUT2D eigenvalue weighted by molar-refractivity contribution is -0.125. The molecule has 1 unspecified atom stereocenters. The zero-order valence-electron chi connectivity index (χ0n) is 10.9. The van der Waals surface area contributed by atoms with E-state index in [2.05, 4.69) is 5.32 Å². The smallest absolute Gasteiger partial charge is 0.223 e. The Morgan fingerprint density at radius 2 is 2.00 bits per heavy atom. The molecule has 0 aliphatic heterocycles. The number of amides is 1. The number of hydrogen-bond acceptors (Lipinski definition) is 2. The second-order valence-corrected chi connectivity index (χ2v) is 6.06. The highest BCUT2D eigenvalue weighted by Gasteiger charge is 2.35. The Morgan fingerprint density at radius 3 is 2.53 bits per heavy atom. The van der Waals surface area contributed by atoms with Crippen molar-refractivity contribution in [2.45, 2.75) is 51.9 Å². The van der Waals surface area contributed by atoms with Gasteiger partial charge < -0.3 is 10.4 Å². The van der Waals surface area contributed by atoms with Gasteiger partial charge in [0.2, 0.25) is 5.91 Å². The lowest BCUT2D eigenvalue weighted by Gasteiger charge is -2.36. The van der Waals surface area contributed by atoms with Crippen molar-refractivity contribution in [3.63, 3.8) is 0 Å². The van der Waals surface area contributed by atoms with E-state index in [1.807, 2.05) is 6.92 Å². The highest BCUT2D eigenvalue weighted by atomic mass is 16.3. The van der Waals surface area contributed by atoms with Crippen molar-refractivity contribution in [3.05, 3.63) is 0 Å². The van der Waals surface area contributed by atoms with Crippen LogP contribution in [0.2, 0.25) is 0 Å². The van der Waals surface area contributed by atoms with Gasteiger partial charge in [-0.25, -0.2) is 0 Å². The fourth-order valence-corrected chi connectivity index (χ4v) is 2.94. The number of carbonyl (C=O) groups is 1. The van der Waals surface area contributed by atoms with Gasteiger partial charge in [-0.3, -0.25) is 4.79 Å². The summed E-state index contributed by atoms with van der Waals surface area (Å²) in [4.78, 5) is 11.9. The van der Waals surface area contributed by atoms with Crippen LogP contribution in [0, 0.1) is 17.3 Å². The van der Waals surface area contributed by atoms with E-state index in [0.717, 1.165) is 12.8 Å². The molecule has 3 heteroatoms. The molecule has 2 aliphatic carbocycles. The van der Waals surface area contributed by atoms with Crippen molar-refractivity contribution in [2.75, 3.05) is 13.2 Å². The molecule has 0 aromatic heterocycles. The summed E-state index contributed by atoms with van der Waals surface area (Å²) in [5, 5.41) is 12.6. The molecule has 2 saturated carbocycles. The van der Waals surface area contributed by atoms with Crippen molar-refractivity contribution < 1.29 is 9.90 Å². The van der Waals surface area contributed by atoms with Crippen LogP contribution < -0.4 is 5.32 Å². The summed E-state index contributed by atoms with van der Waals surface area (Å²) in [6.07, 6.45) is 8.18. The van der Waals surface area contributed by atoms with Gasteiger partial charge in [0.05, 0.1) is 6.61 Å². The number of rotatable bonds is 5. The Morgan fingerprint density at radius 1 is 1.35 bits per heavy atom. The molecule has 2 rings (SSSR count). The van der Waals surface area contributed by atoms with Gasteiger partial charge in [-0.05, 0) is 31.6 Å². The molecule has 2 fully saturated rings. The summed E-state index contributed by atoms with van der Waals surface area (Å²) in [5.74, 6) is 0.965. The third-order valence-electron chi connectivity index (χ3n) is 4.63. The first-order valence-electron chi connectivity index (χ1n) is 7.05. The zero-order valence-corrected chi connectivity index (χ0v) is 10.9. The summed E-state index contributed by atoms with van der Waals surface area (Å²) in [6, 6.07) is 0. The van der Waals surface area contributed by atoms with Crippen LogP contribution >= 0.6 is 0 Å². The molecule has 2 N–H and O–H groups in total. The summed E-state index contributed by atoms with van der Waals surface area (Å²) >= 11 is 0. The van der Waals surface area contributed by atoms with E-state index in [1.54, 1.807) is 0 Å². The van der Waals surface area contributed by atoms with E-state index < -0.39 is 0 Å². The quantitative estimate of drug-likeness (QED) is 0.772. The van der Waals surface area contributed by atoms with Crippen LogP contribution in [-0.2, 0) is 4.79 Å². The topological polar surface area (TPSA) is 49.3 Å². The van der Waals surface area contributed by atoms with Crippen LogP contribution in [0.15, 0.2) is 0 Å². The maximum absolute atomic E-state index is 11.9. The van der Waals surface area contributed by atoms with Crippen molar-refractivity contribution in [2.24, 2.45) is 17.3 Å². The molecule has 3 nitrogen and oxygen atoms in total. The molecular formula is C14H25NO2. The fraction of sp³-hybridized carbons (Fsp3) is 0.929. The summed E-state index contributed by atoms with van der Waals surface area (Å²) in [6.45, 7) is 2.91. The molecule has 17 heavy (non-hydrogen) atoms. The van der Waals surface area contributed by atoms with Crippen LogP contribution in [0.1, 0.15) is 51.9 Å². The van der Waals surface area contributed by atoms with Gasteiger partial charge >= 0.3 is 0 Å². The van der Waals surface area contributed by atoms with Crippen molar-refractivity contribution in [1.29, 1.82) is 0 Å². The number of nitrogens with one attached hydrogen (secondary N) is 1. The van der Waals surface area contributed by atoms with E-state index in [1.165, 1.54) is 32.1 Å². The second-order valence-electron chi connectivity index (χ2n) is 6.06. The van der Waals surface area contributed by atoms with Crippen LogP contribution in [-0.4, -0.2) is 24.2 Å². The van der Waals surface area contributed by atoms with Crippen LogP contribution in [0.25, 0.3) is 0 Å². The Kier molecular flexibility index (Phi) is 4.08. The van der Waals surface area contributed by atoms with Crippen molar-refractivity contribution >= 4 is 5.91 Å². The molecule has 0 aromatic carbocycles. The SMILES string of the molecule is CC(C(=O)NCC1(CO)CCCCC1)C1CC1. The van der Waals surface area contributed by atoms with Gasteiger partial charge in [0.15, 0.2) is 0 Å². The van der Waals surface area contributed by atoms with E-state index in [4.69, 9.17) is 0 Å². The van der Waals surface area contributed by atoms with E-state index >= 15 is 0 Å². The molecular weight excluding hydrogens is 214 g/mol. The maximum Gasteiger partial charge on any atom is 0.223 e.